The van der Waals surface area contributed by atoms with Crippen molar-refractivity contribution in [3.05, 3.63) is 41.6 Å². The minimum atomic E-state index is 0.292. The summed E-state index contributed by atoms with van der Waals surface area (Å²) < 4.78 is 10.4. The van der Waals surface area contributed by atoms with E-state index in [2.05, 4.69) is 51.4 Å². The molecule has 1 aliphatic heterocycles. The van der Waals surface area contributed by atoms with Crippen LogP contribution in [0.3, 0.4) is 0 Å². The number of nitrogens with one attached hydrogen (secondary N) is 1. The molecule has 1 aromatic carbocycles. The summed E-state index contributed by atoms with van der Waals surface area (Å²) in [5.74, 6) is 0.579. The summed E-state index contributed by atoms with van der Waals surface area (Å²) in [5, 5.41) is 3.29. The van der Waals surface area contributed by atoms with Crippen molar-refractivity contribution in [2.24, 2.45) is 0 Å². The molecule has 1 saturated heterocycles. The van der Waals surface area contributed by atoms with E-state index in [0.717, 1.165) is 0 Å². The predicted molar refractivity (Wildman–Crippen MR) is 107 cm³/mol. The molecule has 0 saturated carbocycles. The fourth-order valence-electron chi connectivity index (χ4n) is 3.29. The van der Waals surface area contributed by atoms with E-state index < -0.39 is 0 Å². The molecular formula is C20H29N5O2. The lowest BCUT2D eigenvalue weighted by molar-refractivity contribution is 0.141. The van der Waals surface area contributed by atoms with Crippen molar-refractivity contribution < 1.29 is 9.47 Å². The van der Waals surface area contributed by atoms with E-state index in [9.17, 15) is 0 Å². The Balaban J connectivity index is 1.62. The maximum Gasteiger partial charge on any atom is 0.318 e. The second-order valence-corrected chi connectivity index (χ2v) is 6.82. The zero-order valence-electron chi connectivity index (χ0n) is 16.1. The summed E-state index contributed by atoms with van der Waals surface area (Å²) in [6, 6.07) is 9.41. The van der Waals surface area contributed by atoms with Gasteiger partial charge in [0.25, 0.3) is 0 Å². The van der Waals surface area contributed by atoms with Crippen molar-refractivity contribution in [2.75, 3.05) is 44.5 Å². The topological polar surface area (TPSA) is 85.5 Å². The van der Waals surface area contributed by atoms with Gasteiger partial charge < -0.3 is 20.5 Å². The lowest BCUT2D eigenvalue weighted by Gasteiger charge is -2.24. The number of methoxy groups -OCH3 is 1. The Kier molecular flexibility index (Phi) is 6.84. The van der Waals surface area contributed by atoms with Gasteiger partial charge in [-0.2, -0.15) is 4.98 Å². The van der Waals surface area contributed by atoms with Gasteiger partial charge in [-0.05, 0) is 44.0 Å². The average Bonchev–Trinajstić information content (AvgIpc) is 3.23. The van der Waals surface area contributed by atoms with Crippen LogP contribution in [0.2, 0.25) is 0 Å². The zero-order valence-corrected chi connectivity index (χ0v) is 16.1. The van der Waals surface area contributed by atoms with Crippen LogP contribution >= 0.6 is 0 Å². The first-order valence-electron chi connectivity index (χ1n) is 9.48. The highest BCUT2D eigenvalue weighted by atomic mass is 16.5. The molecule has 3 N–H and O–H groups in total. The second kappa shape index (κ2) is 9.53. The fourth-order valence-corrected chi connectivity index (χ4v) is 3.29. The number of ether oxygens (including phenoxy) is 2. The number of anilines is 2. The summed E-state index contributed by atoms with van der Waals surface area (Å²) in [4.78, 5) is 11.0. The minimum Gasteiger partial charge on any atom is -0.461 e. The van der Waals surface area contributed by atoms with Gasteiger partial charge in [-0.3, -0.25) is 4.90 Å². The Morgan fingerprint density at radius 1 is 1.26 bits per heavy atom. The smallest absolute Gasteiger partial charge is 0.318 e. The summed E-state index contributed by atoms with van der Waals surface area (Å²) in [7, 11) is 1.62. The number of nitrogen functional groups attached to an aromatic ring is 1. The van der Waals surface area contributed by atoms with E-state index in [0.29, 0.717) is 43.3 Å². The lowest BCUT2D eigenvalue weighted by Crippen LogP contribution is -2.23. The van der Waals surface area contributed by atoms with Crippen molar-refractivity contribution in [2.45, 2.75) is 32.4 Å². The molecule has 0 spiro atoms. The molecule has 0 aliphatic carbocycles. The van der Waals surface area contributed by atoms with Crippen molar-refractivity contribution in [3.8, 4) is 6.01 Å². The molecule has 1 fully saturated rings. The first-order chi connectivity index (χ1) is 13.2. The summed E-state index contributed by atoms with van der Waals surface area (Å²) in [6.07, 6.45) is 4.16. The van der Waals surface area contributed by atoms with E-state index >= 15 is 0 Å². The Morgan fingerprint density at radius 3 is 2.85 bits per heavy atom. The number of hydrogen-bond donors (Lipinski definition) is 2. The fraction of sp³-hybridized carbons (Fsp3) is 0.500. The first-order valence-corrected chi connectivity index (χ1v) is 9.48. The quantitative estimate of drug-likeness (QED) is 0.656. The van der Waals surface area contributed by atoms with Crippen LogP contribution in [0.4, 0.5) is 11.5 Å². The highest BCUT2D eigenvalue weighted by Gasteiger charge is 2.19. The van der Waals surface area contributed by atoms with Crippen molar-refractivity contribution in [1.29, 1.82) is 0 Å². The standard InChI is InChI=1S/C20H29N5O2/c1-15(25-8-3-4-9-25)17-7-5-6-16(12-17)13-22-19-18(21)14-23-20(24-19)27-11-10-26-2/h5-7,12,14-15H,3-4,8-11,13,21H2,1-2H3,(H,22,23,24). The Bertz CT molecular complexity index is 734. The normalized spacial score (nSPS) is 15.6. The number of nitrogens with two attached hydrogens (primary N) is 1. The Labute approximate surface area is 160 Å². The predicted octanol–water partition coefficient (Wildman–Crippen LogP) is 2.85. The van der Waals surface area contributed by atoms with E-state index in [1.165, 1.54) is 37.1 Å². The molecule has 0 radical (unpaired) electrons. The molecule has 146 valence electrons. The van der Waals surface area contributed by atoms with Crippen LogP contribution in [-0.2, 0) is 11.3 Å². The molecular weight excluding hydrogens is 342 g/mol. The molecule has 27 heavy (non-hydrogen) atoms. The monoisotopic (exact) mass is 371 g/mol. The number of nitrogens with zero attached hydrogens (tertiary/aromatic N) is 3. The minimum absolute atomic E-state index is 0.292. The molecule has 2 heterocycles. The number of hydrogen-bond acceptors (Lipinski definition) is 7. The van der Waals surface area contributed by atoms with Gasteiger partial charge >= 0.3 is 6.01 Å². The van der Waals surface area contributed by atoms with Gasteiger partial charge in [0.2, 0.25) is 0 Å². The van der Waals surface area contributed by atoms with Crippen LogP contribution in [0.5, 0.6) is 6.01 Å². The van der Waals surface area contributed by atoms with E-state index in [-0.39, 0.29) is 0 Å². The third-order valence-electron chi connectivity index (χ3n) is 4.90. The lowest BCUT2D eigenvalue weighted by atomic mass is 10.0. The maximum absolute atomic E-state index is 5.99. The first kappa shape index (κ1) is 19.4. The van der Waals surface area contributed by atoms with Gasteiger partial charge in [0.15, 0.2) is 5.82 Å². The van der Waals surface area contributed by atoms with Crippen molar-refractivity contribution in [3.63, 3.8) is 0 Å². The van der Waals surface area contributed by atoms with Gasteiger partial charge in [-0.15, -0.1) is 0 Å². The second-order valence-electron chi connectivity index (χ2n) is 6.82. The van der Waals surface area contributed by atoms with Crippen molar-refractivity contribution >= 4 is 11.5 Å². The SMILES string of the molecule is COCCOc1ncc(N)c(NCc2cccc(C(C)N3CCCC3)c2)n1. The summed E-state index contributed by atoms with van der Waals surface area (Å²) in [5.41, 5.74) is 9.03. The zero-order chi connectivity index (χ0) is 19.1. The molecule has 1 atom stereocenters. The third kappa shape index (κ3) is 5.30. The molecule has 1 unspecified atom stereocenters. The van der Waals surface area contributed by atoms with Gasteiger partial charge in [0, 0.05) is 19.7 Å². The summed E-state index contributed by atoms with van der Waals surface area (Å²) >= 11 is 0. The summed E-state index contributed by atoms with van der Waals surface area (Å²) in [6.45, 7) is 6.18. The van der Waals surface area contributed by atoms with Crippen molar-refractivity contribution in [1.82, 2.24) is 14.9 Å². The van der Waals surface area contributed by atoms with Crippen LogP contribution < -0.4 is 15.8 Å². The number of likely N-dealkylation sites (tertiary alicyclic amines) is 1. The average molecular weight is 371 g/mol. The third-order valence-corrected chi connectivity index (χ3v) is 4.90. The van der Waals surface area contributed by atoms with E-state index in [4.69, 9.17) is 15.2 Å². The Morgan fingerprint density at radius 2 is 2.07 bits per heavy atom. The van der Waals surface area contributed by atoms with Gasteiger partial charge in [0.05, 0.1) is 18.5 Å². The van der Waals surface area contributed by atoms with E-state index in [1.807, 2.05) is 0 Å². The number of rotatable bonds is 9. The molecule has 2 aromatic rings. The van der Waals surface area contributed by atoms with Gasteiger partial charge in [0.1, 0.15) is 6.61 Å². The van der Waals surface area contributed by atoms with Crippen LogP contribution in [0.15, 0.2) is 30.5 Å². The van der Waals surface area contributed by atoms with Crippen LogP contribution in [0.1, 0.15) is 36.9 Å². The molecule has 3 rings (SSSR count). The maximum atomic E-state index is 5.99. The molecule has 1 aliphatic rings. The van der Waals surface area contributed by atoms with Gasteiger partial charge in [-0.1, -0.05) is 24.3 Å². The highest BCUT2D eigenvalue weighted by Crippen LogP contribution is 2.25. The molecule has 7 heteroatoms. The van der Waals surface area contributed by atoms with Crippen LogP contribution in [0.25, 0.3) is 0 Å². The molecule has 0 bridgehead atoms. The largest absolute Gasteiger partial charge is 0.461 e. The number of aromatic nitrogens is 2. The van der Waals surface area contributed by atoms with Crippen LogP contribution in [0, 0.1) is 0 Å². The Hall–Kier alpha value is -2.38. The van der Waals surface area contributed by atoms with Gasteiger partial charge in [-0.25, -0.2) is 4.98 Å². The molecule has 1 aromatic heterocycles. The highest BCUT2D eigenvalue weighted by molar-refractivity contribution is 5.60. The van der Waals surface area contributed by atoms with Crippen LogP contribution in [-0.4, -0.2) is 48.3 Å². The van der Waals surface area contributed by atoms with E-state index in [1.54, 1.807) is 13.3 Å². The molecule has 0 amide bonds. The number of benzene rings is 1. The molecule has 7 nitrogen and oxygen atoms in total.